The smallest absolute Gasteiger partial charge is 0.164 e. The molecule has 0 spiro atoms. The first-order chi connectivity index (χ1) is 37.0. The normalized spacial score (nSPS) is 14.9. The summed E-state index contributed by atoms with van der Waals surface area (Å²) in [5.41, 5.74) is 1.51. The summed E-state index contributed by atoms with van der Waals surface area (Å²) in [6.45, 7) is 0. The Morgan fingerprint density at radius 1 is 0.429 bits per heavy atom. The van der Waals surface area contributed by atoms with Gasteiger partial charge in [0.1, 0.15) is 11.2 Å². The molecular formula is C57H34N4OS. The Balaban J connectivity index is 1.10. The summed E-state index contributed by atoms with van der Waals surface area (Å²) in [6, 6.07) is 29.7. The van der Waals surface area contributed by atoms with Crippen LogP contribution in [-0.4, -0.2) is 19.5 Å². The van der Waals surface area contributed by atoms with Crippen LogP contribution in [0.25, 0.3) is 126 Å². The maximum atomic E-state index is 10.2. The lowest BCUT2D eigenvalue weighted by molar-refractivity contribution is 0.669. The summed E-state index contributed by atoms with van der Waals surface area (Å²) in [6.07, 6.45) is 0. The maximum Gasteiger partial charge on any atom is 0.164 e. The maximum absolute atomic E-state index is 10.2. The van der Waals surface area contributed by atoms with Crippen LogP contribution in [0.15, 0.2) is 210 Å². The van der Waals surface area contributed by atoms with E-state index in [0.29, 0.717) is 11.1 Å². The lowest BCUT2D eigenvalue weighted by Gasteiger charge is -2.10. The van der Waals surface area contributed by atoms with Crippen molar-refractivity contribution >= 4 is 75.3 Å². The molecule has 0 amide bonds. The third-order valence-corrected chi connectivity index (χ3v) is 12.3. The fraction of sp³-hybridized carbons (Fsp3) is 0. The molecule has 294 valence electrons. The molecule has 0 aliphatic rings. The van der Waals surface area contributed by atoms with Crippen molar-refractivity contribution in [3.05, 3.63) is 206 Å². The molecule has 0 N–H and O–H groups in total. The Labute approximate surface area is 385 Å². The molecule has 0 radical (unpaired) electrons. The summed E-state index contributed by atoms with van der Waals surface area (Å²) in [7, 11) is 0. The number of hydrogen-bond acceptors (Lipinski definition) is 5. The molecule has 4 aromatic heterocycles. The van der Waals surface area contributed by atoms with Gasteiger partial charge in [0, 0.05) is 64.1 Å². The van der Waals surface area contributed by atoms with E-state index in [9.17, 15) is 9.60 Å². The summed E-state index contributed by atoms with van der Waals surface area (Å²) < 4.78 is 138. The predicted octanol–water partition coefficient (Wildman–Crippen LogP) is 15.6. The summed E-state index contributed by atoms with van der Waals surface area (Å²) in [4.78, 5) is 14.9. The molecule has 13 aromatic rings. The number of hydrogen-bond donors (Lipinski definition) is 0. The van der Waals surface area contributed by atoms with E-state index in [4.69, 9.17) is 29.0 Å². The van der Waals surface area contributed by atoms with Crippen LogP contribution in [0, 0.1) is 0 Å². The minimum Gasteiger partial charge on any atom is -0.456 e. The van der Waals surface area contributed by atoms with E-state index in [1.807, 2.05) is 66.7 Å². The van der Waals surface area contributed by atoms with E-state index < -0.39 is 78.6 Å². The Morgan fingerprint density at radius 3 is 1.98 bits per heavy atom. The van der Waals surface area contributed by atoms with Gasteiger partial charge in [-0.05, 0) is 70.6 Å². The van der Waals surface area contributed by atoms with Gasteiger partial charge in [-0.15, -0.1) is 11.3 Å². The highest BCUT2D eigenvalue weighted by atomic mass is 32.1. The highest BCUT2D eigenvalue weighted by Crippen LogP contribution is 2.43. The molecule has 13 rings (SSSR count). The average molecular weight is 837 g/mol. The molecule has 0 unspecified atom stereocenters. The van der Waals surface area contributed by atoms with Gasteiger partial charge in [0.2, 0.25) is 0 Å². The van der Waals surface area contributed by atoms with Crippen LogP contribution in [0.4, 0.5) is 0 Å². The number of nitrogens with zero attached hydrogens (tertiary/aromatic N) is 4. The van der Waals surface area contributed by atoms with E-state index in [2.05, 4.69) is 30.3 Å². The van der Waals surface area contributed by atoms with Crippen molar-refractivity contribution in [1.29, 1.82) is 0 Å². The second-order valence-corrected chi connectivity index (χ2v) is 15.9. The van der Waals surface area contributed by atoms with Crippen LogP contribution >= 0.6 is 11.3 Å². The fourth-order valence-corrected chi connectivity index (χ4v) is 9.54. The van der Waals surface area contributed by atoms with Crippen LogP contribution < -0.4 is 0 Å². The minimum atomic E-state index is -0.672. The van der Waals surface area contributed by atoms with E-state index >= 15 is 0 Å². The van der Waals surface area contributed by atoms with Crippen molar-refractivity contribution in [2.45, 2.75) is 0 Å². The van der Waals surface area contributed by atoms with Crippen LogP contribution in [0.5, 0.6) is 0 Å². The van der Waals surface area contributed by atoms with Gasteiger partial charge in [-0.3, -0.25) is 0 Å². The van der Waals surface area contributed by atoms with Gasteiger partial charge in [-0.25, -0.2) is 15.0 Å². The molecule has 9 aromatic carbocycles. The summed E-state index contributed by atoms with van der Waals surface area (Å²) in [5, 5.41) is 1.99. The van der Waals surface area contributed by atoms with Gasteiger partial charge in [-0.2, -0.15) is 0 Å². The van der Waals surface area contributed by atoms with Crippen molar-refractivity contribution in [3.8, 4) is 62.1 Å². The quantitative estimate of drug-likeness (QED) is 0.167. The Hall–Kier alpha value is -8.19. The number of thiophene rings is 1. The van der Waals surface area contributed by atoms with Crippen molar-refractivity contribution in [1.82, 2.24) is 19.5 Å². The number of fused-ring (bicyclic) bond motifs is 9. The average Bonchev–Trinajstić information content (AvgIpc) is 4.32. The van der Waals surface area contributed by atoms with Gasteiger partial charge >= 0.3 is 0 Å². The van der Waals surface area contributed by atoms with E-state index in [1.54, 1.807) is 17.4 Å². The summed E-state index contributed by atoms with van der Waals surface area (Å²) in [5.74, 6) is 0.280. The first-order valence-corrected chi connectivity index (χ1v) is 20.8. The molecule has 63 heavy (non-hydrogen) atoms. The van der Waals surface area contributed by atoms with Crippen molar-refractivity contribution in [3.63, 3.8) is 0 Å². The molecular weight excluding hydrogens is 789 g/mol. The Morgan fingerprint density at radius 2 is 1.14 bits per heavy atom. The highest BCUT2D eigenvalue weighted by Gasteiger charge is 2.21. The minimum absolute atomic E-state index is 0.0000572. The highest BCUT2D eigenvalue weighted by molar-refractivity contribution is 7.25. The number of rotatable bonds is 6. The topological polar surface area (TPSA) is 56.7 Å². The number of aromatic nitrogens is 4. The zero-order valence-electron chi connectivity index (χ0n) is 46.7. The van der Waals surface area contributed by atoms with Crippen LogP contribution in [0.2, 0.25) is 0 Å². The van der Waals surface area contributed by atoms with Gasteiger partial charge < -0.3 is 8.98 Å². The van der Waals surface area contributed by atoms with E-state index in [1.165, 1.54) is 16.7 Å². The standard InChI is InChI=1S/C57H34N4OS/c1-4-14-35(15-5-1)38-26-29-42-43-30-27-39(33-52(43)63-51(42)32-38)56-58-55(37-18-8-3-9-19-37)59-57(60-56)45-22-13-25-50-54(45)46-34-40(28-31-49(46)62-50)61-47-23-11-10-20-44(47)53-41(21-12-24-48(53)61)36-16-6-2-7-17-36/h1-34H/i2D,6D,12D,13D,16D,17D,21D,22D,23D,24D,25D,28D,31D,34D. The van der Waals surface area contributed by atoms with Gasteiger partial charge in [0.15, 0.2) is 17.5 Å². The number of para-hydroxylation sites is 1. The fourth-order valence-electron chi connectivity index (χ4n) is 8.36. The van der Waals surface area contributed by atoms with E-state index in [0.717, 1.165) is 37.4 Å². The second kappa shape index (κ2) is 14.2. The largest absolute Gasteiger partial charge is 0.456 e. The zero-order chi connectivity index (χ0) is 53.6. The van der Waals surface area contributed by atoms with Crippen LogP contribution in [-0.2, 0) is 0 Å². The Bertz CT molecular complexity index is 4750. The molecule has 0 aliphatic carbocycles. The molecule has 6 heteroatoms. The lowest BCUT2D eigenvalue weighted by Crippen LogP contribution is -2.00. The molecule has 0 saturated carbocycles. The molecule has 4 heterocycles. The molecule has 0 fully saturated rings. The molecule has 0 atom stereocenters. The molecule has 0 aliphatic heterocycles. The van der Waals surface area contributed by atoms with Gasteiger partial charge in [0.05, 0.1) is 30.2 Å². The van der Waals surface area contributed by atoms with Crippen molar-refractivity contribution in [2.24, 2.45) is 0 Å². The molecule has 0 saturated heterocycles. The first kappa shape index (κ1) is 24.3. The van der Waals surface area contributed by atoms with Crippen molar-refractivity contribution in [2.75, 3.05) is 0 Å². The second-order valence-electron chi connectivity index (χ2n) is 14.8. The SMILES string of the molecule is [2H]c1cc([2H])c(-c2c([2H])c([2H])c([2H])c3c2c2cccc([2H])c2n3-c2c([2H])c([2H])c3oc4c([2H])c([2H])c([2H])c(-c5nc(-c6ccccc6)nc(-c6ccc7c(c6)sc6cc(-c8ccccc8)ccc67)n5)c4c3c2[2H])c([2H])c1[2H]. The molecule has 0 bridgehead atoms. The Kier molecular flexibility index (Phi) is 5.48. The van der Waals surface area contributed by atoms with Crippen LogP contribution in [0.3, 0.4) is 0 Å². The number of furan rings is 1. The van der Waals surface area contributed by atoms with Gasteiger partial charge in [-0.1, -0.05) is 158 Å². The third-order valence-electron chi connectivity index (χ3n) is 11.2. The molecule has 5 nitrogen and oxygen atoms in total. The zero-order valence-corrected chi connectivity index (χ0v) is 33.5. The number of benzene rings is 9. The monoisotopic (exact) mass is 836 g/mol. The summed E-state index contributed by atoms with van der Waals surface area (Å²) >= 11 is 1.61. The first-order valence-electron chi connectivity index (χ1n) is 26.9. The van der Waals surface area contributed by atoms with E-state index in [-0.39, 0.29) is 89.6 Å². The van der Waals surface area contributed by atoms with Crippen molar-refractivity contribution < 1.29 is 23.6 Å². The lowest BCUT2D eigenvalue weighted by atomic mass is 9.99. The van der Waals surface area contributed by atoms with Crippen LogP contribution in [0.1, 0.15) is 19.2 Å². The van der Waals surface area contributed by atoms with Gasteiger partial charge in [0.25, 0.3) is 0 Å². The predicted molar refractivity (Wildman–Crippen MR) is 262 cm³/mol. The third kappa shape index (κ3) is 5.80.